The minimum Gasteiger partial charge on any atom is -0.494 e. The molecule has 110 valence electrons. The Labute approximate surface area is 120 Å². The van der Waals surface area contributed by atoms with E-state index < -0.39 is 0 Å². The predicted molar refractivity (Wildman–Crippen MR) is 78.0 cm³/mol. The van der Waals surface area contributed by atoms with Gasteiger partial charge in [0.25, 0.3) is 5.91 Å². The largest absolute Gasteiger partial charge is 0.494 e. The summed E-state index contributed by atoms with van der Waals surface area (Å²) in [4.78, 5) is 14.4. The van der Waals surface area contributed by atoms with Crippen molar-refractivity contribution in [1.82, 2.24) is 4.90 Å². The Bertz CT molecular complexity index is 442. The molecule has 0 saturated carbocycles. The first-order chi connectivity index (χ1) is 9.61. The van der Waals surface area contributed by atoms with Crippen molar-refractivity contribution in [2.24, 2.45) is 0 Å². The highest BCUT2D eigenvalue weighted by atomic mass is 16.5. The fourth-order valence-electron chi connectivity index (χ4n) is 2.77. The molecule has 0 radical (unpaired) electrons. The second-order valence-electron chi connectivity index (χ2n) is 5.34. The highest BCUT2D eigenvalue weighted by Crippen LogP contribution is 2.24. The van der Waals surface area contributed by atoms with Gasteiger partial charge in [0.05, 0.1) is 12.7 Å². The first kappa shape index (κ1) is 14.9. The van der Waals surface area contributed by atoms with Gasteiger partial charge in [-0.15, -0.1) is 0 Å². The van der Waals surface area contributed by atoms with Crippen LogP contribution in [-0.2, 0) is 0 Å². The molecule has 1 aromatic carbocycles. The van der Waals surface area contributed by atoms with Crippen LogP contribution < -0.4 is 4.74 Å². The van der Waals surface area contributed by atoms with Crippen LogP contribution in [0, 0.1) is 0 Å². The molecule has 1 heterocycles. The van der Waals surface area contributed by atoms with Crippen molar-refractivity contribution in [2.45, 2.75) is 45.3 Å². The summed E-state index contributed by atoms with van der Waals surface area (Å²) in [5.41, 5.74) is 0.686. The molecule has 1 N–H and O–H groups in total. The molecule has 4 heteroatoms. The molecule has 2 unspecified atom stereocenters. The molecule has 2 rings (SSSR count). The summed E-state index contributed by atoms with van der Waals surface area (Å²) >= 11 is 0. The van der Waals surface area contributed by atoms with E-state index in [-0.39, 0.29) is 18.1 Å². The van der Waals surface area contributed by atoms with Crippen molar-refractivity contribution in [3.05, 3.63) is 29.8 Å². The number of ether oxygens (including phenoxy) is 1. The van der Waals surface area contributed by atoms with Gasteiger partial charge in [0.2, 0.25) is 0 Å². The third kappa shape index (κ3) is 3.51. The molecule has 1 fully saturated rings. The molecule has 1 aromatic rings. The molecule has 1 aliphatic heterocycles. The van der Waals surface area contributed by atoms with E-state index in [1.807, 2.05) is 36.1 Å². The Morgan fingerprint density at radius 3 is 2.75 bits per heavy atom. The van der Waals surface area contributed by atoms with Crippen LogP contribution in [0.2, 0.25) is 0 Å². The number of nitrogens with zero attached hydrogens (tertiary/aromatic N) is 1. The van der Waals surface area contributed by atoms with Gasteiger partial charge in [-0.25, -0.2) is 0 Å². The minimum absolute atomic E-state index is 0.0520. The molecule has 0 aromatic heterocycles. The summed E-state index contributed by atoms with van der Waals surface area (Å²) in [6.07, 6.45) is 2.28. The molecular formula is C16H23NO3. The average Bonchev–Trinajstić information content (AvgIpc) is 2.86. The van der Waals surface area contributed by atoms with E-state index in [9.17, 15) is 9.90 Å². The summed E-state index contributed by atoms with van der Waals surface area (Å²) in [6, 6.07) is 7.44. The highest BCUT2D eigenvalue weighted by molar-refractivity contribution is 5.94. The lowest BCUT2D eigenvalue weighted by Gasteiger charge is -2.25. The summed E-state index contributed by atoms with van der Waals surface area (Å²) in [5, 5.41) is 9.52. The number of aliphatic hydroxyl groups is 1. The maximum absolute atomic E-state index is 12.5. The third-order valence-electron chi connectivity index (χ3n) is 3.66. The zero-order valence-corrected chi connectivity index (χ0v) is 12.2. The van der Waals surface area contributed by atoms with E-state index in [1.54, 1.807) is 6.92 Å². The van der Waals surface area contributed by atoms with Gasteiger partial charge in [0, 0.05) is 18.2 Å². The van der Waals surface area contributed by atoms with Gasteiger partial charge in [-0.2, -0.15) is 0 Å². The number of carbonyl (C=O) groups excluding carboxylic acids is 1. The summed E-state index contributed by atoms with van der Waals surface area (Å²) in [7, 11) is 0. The zero-order valence-electron chi connectivity index (χ0n) is 12.2. The summed E-state index contributed by atoms with van der Waals surface area (Å²) < 4.78 is 5.38. The lowest BCUT2D eigenvalue weighted by atomic mass is 10.1. The SMILES string of the molecule is CCOc1ccc(C(=O)N2CCCC2CC(C)O)cc1. The quantitative estimate of drug-likeness (QED) is 0.899. The van der Waals surface area contributed by atoms with Gasteiger partial charge in [-0.3, -0.25) is 4.79 Å². The molecule has 0 bridgehead atoms. The second kappa shape index (κ2) is 6.75. The van der Waals surface area contributed by atoms with Gasteiger partial charge in [-0.1, -0.05) is 0 Å². The first-order valence-electron chi connectivity index (χ1n) is 7.33. The zero-order chi connectivity index (χ0) is 14.5. The number of amides is 1. The lowest BCUT2D eigenvalue weighted by molar-refractivity contribution is 0.0682. The Morgan fingerprint density at radius 2 is 2.15 bits per heavy atom. The molecular weight excluding hydrogens is 254 g/mol. The number of aliphatic hydroxyl groups excluding tert-OH is 1. The number of rotatable bonds is 5. The third-order valence-corrected chi connectivity index (χ3v) is 3.66. The van der Waals surface area contributed by atoms with E-state index >= 15 is 0 Å². The van der Waals surface area contributed by atoms with Crippen molar-refractivity contribution in [2.75, 3.05) is 13.2 Å². The summed E-state index contributed by atoms with van der Waals surface area (Å²) in [5.74, 6) is 0.835. The number of hydrogen-bond donors (Lipinski definition) is 1. The predicted octanol–water partition coefficient (Wildman–Crippen LogP) is 2.46. The number of hydrogen-bond acceptors (Lipinski definition) is 3. The first-order valence-corrected chi connectivity index (χ1v) is 7.33. The Balaban J connectivity index is 2.05. The fraction of sp³-hybridized carbons (Fsp3) is 0.562. The van der Waals surface area contributed by atoms with Crippen molar-refractivity contribution in [3.63, 3.8) is 0 Å². The van der Waals surface area contributed by atoms with Gasteiger partial charge < -0.3 is 14.7 Å². The minimum atomic E-state index is -0.367. The van der Waals surface area contributed by atoms with Crippen molar-refractivity contribution in [3.8, 4) is 5.75 Å². The maximum Gasteiger partial charge on any atom is 0.254 e. The molecule has 0 spiro atoms. The Hall–Kier alpha value is -1.55. The highest BCUT2D eigenvalue weighted by Gasteiger charge is 2.30. The van der Waals surface area contributed by atoms with E-state index in [0.717, 1.165) is 25.1 Å². The number of benzene rings is 1. The molecule has 1 saturated heterocycles. The normalized spacial score (nSPS) is 19.9. The lowest BCUT2D eigenvalue weighted by Crippen LogP contribution is -2.37. The van der Waals surface area contributed by atoms with E-state index in [1.165, 1.54) is 0 Å². The topological polar surface area (TPSA) is 49.8 Å². The molecule has 1 aliphatic rings. The van der Waals surface area contributed by atoms with Gasteiger partial charge in [-0.05, 0) is 57.4 Å². The second-order valence-corrected chi connectivity index (χ2v) is 5.34. The van der Waals surface area contributed by atoms with Gasteiger partial charge >= 0.3 is 0 Å². The molecule has 1 amide bonds. The van der Waals surface area contributed by atoms with Gasteiger partial charge in [0.1, 0.15) is 5.75 Å². The van der Waals surface area contributed by atoms with Crippen LogP contribution in [0.3, 0.4) is 0 Å². The maximum atomic E-state index is 12.5. The van der Waals surface area contributed by atoms with Crippen LogP contribution in [0.4, 0.5) is 0 Å². The van der Waals surface area contributed by atoms with Crippen molar-refractivity contribution >= 4 is 5.91 Å². The summed E-state index contributed by atoms with van der Waals surface area (Å²) in [6.45, 7) is 5.11. The average molecular weight is 277 g/mol. The van der Waals surface area contributed by atoms with Gasteiger partial charge in [0.15, 0.2) is 0 Å². The molecule has 2 atom stereocenters. The van der Waals surface area contributed by atoms with Crippen LogP contribution in [0.5, 0.6) is 5.75 Å². The van der Waals surface area contributed by atoms with Crippen molar-refractivity contribution < 1.29 is 14.6 Å². The number of likely N-dealkylation sites (tertiary alicyclic amines) is 1. The smallest absolute Gasteiger partial charge is 0.254 e. The van der Waals surface area contributed by atoms with Crippen LogP contribution in [-0.4, -0.2) is 41.2 Å². The van der Waals surface area contributed by atoms with E-state index in [2.05, 4.69) is 0 Å². The number of carbonyl (C=O) groups is 1. The molecule has 0 aliphatic carbocycles. The monoisotopic (exact) mass is 277 g/mol. The molecule has 20 heavy (non-hydrogen) atoms. The van der Waals surface area contributed by atoms with E-state index in [4.69, 9.17) is 4.74 Å². The van der Waals surface area contributed by atoms with Crippen LogP contribution in [0.1, 0.15) is 43.5 Å². The van der Waals surface area contributed by atoms with Crippen LogP contribution >= 0.6 is 0 Å². The Morgan fingerprint density at radius 1 is 1.45 bits per heavy atom. The Kier molecular flexibility index (Phi) is 5.01. The van der Waals surface area contributed by atoms with E-state index in [0.29, 0.717) is 18.6 Å². The van der Waals surface area contributed by atoms with Crippen LogP contribution in [0.15, 0.2) is 24.3 Å². The fourth-order valence-corrected chi connectivity index (χ4v) is 2.77. The van der Waals surface area contributed by atoms with Crippen LogP contribution in [0.25, 0.3) is 0 Å². The molecule has 4 nitrogen and oxygen atoms in total. The van der Waals surface area contributed by atoms with Crippen molar-refractivity contribution in [1.29, 1.82) is 0 Å². The standard InChI is InChI=1S/C16H23NO3/c1-3-20-15-8-6-13(7-9-15)16(19)17-10-4-5-14(17)11-12(2)18/h6-9,12,14,18H,3-5,10-11H2,1-2H3.